The molecule has 0 bridgehead atoms. The van der Waals surface area contributed by atoms with E-state index in [1.807, 2.05) is 6.92 Å². The predicted octanol–water partition coefficient (Wildman–Crippen LogP) is 1.18. The second-order valence-corrected chi connectivity index (χ2v) is 4.32. The Hall–Kier alpha value is -2.08. The Labute approximate surface area is 118 Å². The monoisotopic (exact) mass is 279 g/mol. The average Bonchev–Trinajstić information content (AvgIpc) is 2.45. The minimum absolute atomic E-state index is 0.218. The van der Waals surface area contributed by atoms with Crippen molar-refractivity contribution in [2.45, 2.75) is 19.9 Å². The van der Waals surface area contributed by atoms with Gasteiger partial charge < -0.3 is 21.1 Å². The normalized spacial score (nSPS) is 10.1. The zero-order chi connectivity index (χ0) is 14.8. The topological polar surface area (TPSA) is 90.5 Å². The van der Waals surface area contributed by atoms with E-state index in [9.17, 15) is 9.59 Å². The Morgan fingerprint density at radius 1 is 1.20 bits per heavy atom. The lowest BCUT2D eigenvalue weighted by Gasteiger charge is -2.08. The molecule has 2 amide bonds. The molecule has 20 heavy (non-hydrogen) atoms. The molecule has 0 aliphatic heterocycles. The van der Waals surface area contributed by atoms with Crippen LogP contribution < -0.4 is 16.0 Å². The van der Waals surface area contributed by atoms with Crippen LogP contribution in [0.2, 0.25) is 0 Å². The Kier molecular flexibility index (Phi) is 7.13. The number of hydrogen-bond donors (Lipinski definition) is 4. The van der Waals surface area contributed by atoms with Gasteiger partial charge in [-0.1, -0.05) is 19.1 Å². The number of rotatable bonds is 8. The van der Waals surface area contributed by atoms with E-state index < -0.39 is 5.97 Å². The molecule has 0 aliphatic carbocycles. The highest BCUT2D eigenvalue weighted by molar-refractivity contribution is 5.87. The molecule has 0 radical (unpaired) electrons. The lowest BCUT2D eigenvalue weighted by Crippen LogP contribution is -2.36. The van der Waals surface area contributed by atoms with E-state index in [0.29, 0.717) is 13.1 Å². The molecule has 0 fully saturated rings. The molecule has 4 N–H and O–H groups in total. The Morgan fingerprint density at radius 2 is 2.00 bits per heavy atom. The number of carbonyl (C=O) groups excluding carboxylic acids is 1. The second-order valence-electron chi connectivity index (χ2n) is 4.32. The molecule has 6 heteroatoms. The first-order chi connectivity index (χ1) is 9.63. The zero-order valence-electron chi connectivity index (χ0n) is 11.6. The number of aromatic carboxylic acids is 1. The summed E-state index contributed by atoms with van der Waals surface area (Å²) in [6.45, 7) is 4.74. The van der Waals surface area contributed by atoms with Gasteiger partial charge in [-0.2, -0.15) is 0 Å². The Morgan fingerprint density at radius 3 is 2.70 bits per heavy atom. The minimum atomic E-state index is -0.972. The first-order valence-corrected chi connectivity index (χ1v) is 6.68. The van der Waals surface area contributed by atoms with Crippen LogP contribution in [0, 0.1) is 0 Å². The van der Waals surface area contributed by atoms with Crippen molar-refractivity contribution in [3.8, 4) is 0 Å². The third kappa shape index (κ3) is 6.19. The van der Waals surface area contributed by atoms with Gasteiger partial charge in [-0.15, -0.1) is 0 Å². The summed E-state index contributed by atoms with van der Waals surface area (Å²) >= 11 is 0. The van der Waals surface area contributed by atoms with Crippen LogP contribution in [0.4, 0.5) is 4.79 Å². The standard InChI is InChI=1S/C14H21N3O3/c1-2-15-7-4-8-16-14(20)17-10-11-5-3-6-12(9-11)13(18)19/h3,5-6,9,15H,2,4,7-8,10H2,1H3,(H,18,19)(H2,16,17,20). The van der Waals surface area contributed by atoms with Gasteiger partial charge in [-0.25, -0.2) is 9.59 Å². The first-order valence-electron chi connectivity index (χ1n) is 6.68. The van der Waals surface area contributed by atoms with Crippen molar-refractivity contribution in [3.63, 3.8) is 0 Å². The lowest BCUT2D eigenvalue weighted by molar-refractivity contribution is 0.0696. The summed E-state index contributed by atoms with van der Waals surface area (Å²) in [5.41, 5.74) is 0.975. The summed E-state index contributed by atoms with van der Waals surface area (Å²) < 4.78 is 0. The van der Waals surface area contributed by atoms with Crippen molar-refractivity contribution in [2.24, 2.45) is 0 Å². The summed E-state index contributed by atoms with van der Waals surface area (Å²) in [5.74, 6) is -0.972. The average molecular weight is 279 g/mol. The molecule has 110 valence electrons. The van der Waals surface area contributed by atoms with E-state index in [1.54, 1.807) is 18.2 Å². The molecule has 1 rings (SSSR count). The number of benzene rings is 1. The number of carbonyl (C=O) groups is 2. The van der Waals surface area contributed by atoms with E-state index >= 15 is 0 Å². The highest BCUT2D eigenvalue weighted by atomic mass is 16.4. The summed E-state index contributed by atoms with van der Waals surface area (Å²) in [6, 6.07) is 6.26. The van der Waals surface area contributed by atoms with E-state index in [2.05, 4.69) is 16.0 Å². The predicted molar refractivity (Wildman–Crippen MR) is 76.8 cm³/mol. The summed E-state index contributed by atoms with van der Waals surface area (Å²) in [7, 11) is 0. The van der Waals surface area contributed by atoms with Gasteiger partial charge in [0.1, 0.15) is 0 Å². The van der Waals surface area contributed by atoms with Crippen molar-refractivity contribution in [2.75, 3.05) is 19.6 Å². The number of amides is 2. The fourth-order valence-corrected chi connectivity index (χ4v) is 1.65. The van der Waals surface area contributed by atoms with Crippen molar-refractivity contribution in [3.05, 3.63) is 35.4 Å². The molecule has 0 atom stereocenters. The maximum Gasteiger partial charge on any atom is 0.335 e. The lowest BCUT2D eigenvalue weighted by atomic mass is 10.1. The second kappa shape index (κ2) is 8.92. The van der Waals surface area contributed by atoms with Gasteiger partial charge >= 0.3 is 12.0 Å². The quantitative estimate of drug-likeness (QED) is 0.538. The van der Waals surface area contributed by atoms with Crippen LogP contribution >= 0.6 is 0 Å². The van der Waals surface area contributed by atoms with E-state index in [4.69, 9.17) is 5.11 Å². The first kappa shape index (κ1) is 16.0. The number of nitrogens with one attached hydrogen (secondary N) is 3. The third-order valence-electron chi connectivity index (χ3n) is 2.69. The van der Waals surface area contributed by atoms with E-state index in [1.165, 1.54) is 6.07 Å². The fourth-order valence-electron chi connectivity index (χ4n) is 1.65. The molecule has 0 heterocycles. The number of carboxylic acids is 1. The maximum atomic E-state index is 11.5. The van der Waals surface area contributed by atoms with Gasteiger partial charge in [0.25, 0.3) is 0 Å². The summed E-state index contributed by atoms with van der Waals surface area (Å²) in [6.07, 6.45) is 0.871. The molecule has 0 aromatic heterocycles. The van der Waals surface area contributed by atoms with Crippen LogP contribution in [-0.2, 0) is 6.54 Å². The molecule has 0 spiro atoms. The van der Waals surface area contributed by atoms with Crippen molar-refractivity contribution in [1.29, 1.82) is 0 Å². The Balaban J connectivity index is 2.27. The maximum absolute atomic E-state index is 11.5. The molecule has 0 aliphatic rings. The van der Waals surface area contributed by atoms with Crippen LogP contribution in [0.25, 0.3) is 0 Å². The highest BCUT2D eigenvalue weighted by Crippen LogP contribution is 2.04. The summed E-state index contributed by atoms with van der Waals surface area (Å²) in [4.78, 5) is 22.3. The molecule has 0 unspecified atom stereocenters. The van der Waals surface area contributed by atoms with Gasteiger partial charge in [0.15, 0.2) is 0 Å². The molecule has 0 saturated carbocycles. The van der Waals surface area contributed by atoms with Crippen LogP contribution in [-0.4, -0.2) is 36.7 Å². The number of urea groups is 1. The fraction of sp³-hybridized carbons (Fsp3) is 0.429. The van der Waals surface area contributed by atoms with Gasteiger partial charge in [0, 0.05) is 13.1 Å². The van der Waals surface area contributed by atoms with Crippen molar-refractivity contribution in [1.82, 2.24) is 16.0 Å². The molecule has 6 nitrogen and oxygen atoms in total. The zero-order valence-corrected chi connectivity index (χ0v) is 11.6. The van der Waals surface area contributed by atoms with Gasteiger partial charge in [0.05, 0.1) is 5.56 Å². The van der Waals surface area contributed by atoms with Gasteiger partial charge in [-0.05, 0) is 37.2 Å². The van der Waals surface area contributed by atoms with Crippen LogP contribution in [0.5, 0.6) is 0 Å². The molecular weight excluding hydrogens is 258 g/mol. The van der Waals surface area contributed by atoms with Crippen molar-refractivity contribution >= 4 is 12.0 Å². The van der Waals surface area contributed by atoms with Crippen molar-refractivity contribution < 1.29 is 14.7 Å². The molecular formula is C14H21N3O3. The largest absolute Gasteiger partial charge is 0.478 e. The smallest absolute Gasteiger partial charge is 0.335 e. The van der Waals surface area contributed by atoms with Gasteiger partial charge in [-0.3, -0.25) is 0 Å². The van der Waals surface area contributed by atoms with E-state index in [0.717, 1.165) is 25.1 Å². The van der Waals surface area contributed by atoms with Crippen LogP contribution in [0.3, 0.4) is 0 Å². The van der Waals surface area contributed by atoms with E-state index in [-0.39, 0.29) is 11.6 Å². The number of carboxylic acid groups (broad SMARTS) is 1. The molecule has 1 aromatic carbocycles. The Bertz CT molecular complexity index is 449. The third-order valence-corrected chi connectivity index (χ3v) is 2.69. The number of hydrogen-bond acceptors (Lipinski definition) is 3. The molecule has 0 saturated heterocycles. The minimum Gasteiger partial charge on any atom is -0.478 e. The SMILES string of the molecule is CCNCCCNC(=O)NCc1cccc(C(=O)O)c1. The summed E-state index contributed by atoms with van der Waals surface area (Å²) in [5, 5.41) is 17.5. The van der Waals surface area contributed by atoms with Gasteiger partial charge in [0.2, 0.25) is 0 Å². The van der Waals surface area contributed by atoms with Crippen LogP contribution in [0.15, 0.2) is 24.3 Å². The molecule has 1 aromatic rings. The van der Waals surface area contributed by atoms with Crippen LogP contribution in [0.1, 0.15) is 29.3 Å². The highest BCUT2D eigenvalue weighted by Gasteiger charge is 2.04.